The van der Waals surface area contributed by atoms with Gasteiger partial charge < -0.3 is 18.9 Å². The van der Waals surface area contributed by atoms with E-state index in [0.717, 1.165) is 18.2 Å². The first-order chi connectivity index (χ1) is 7.41. The van der Waals surface area contributed by atoms with Crippen molar-refractivity contribution in [1.82, 2.24) is 0 Å². The van der Waals surface area contributed by atoms with Gasteiger partial charge in [0, 0.05) is 0 Å². The van der Waals surface area contributed by atoms with Crippen molar-refractivity contribution in [3.63, 3.8) is 0 Å². The number of hydrogen-bond donors (Lipinski definition) is 2. The molecule has 0 fully saturated rings. The van der Waals surface area contributed by atoms with Crippen LogP contribution in [0.2, 0.25) is 0 Å². The number of carboxylic acids is 2. The summed E-state index contributed by atoms with van der Waals surface area (Å²) in [5.41, 5.74) is -0.994. The van der Waals surface area contributed by atoms with E-state index in [1.54, 1.807) is 0 Å². The Labute approximate surface area is 91.8 Å². The molecule has 0 aliphatic carbocycles. The minimum atomic E-state index is -2.85. The summed E-state index contributed by atoms with van der Waals surface area (Å²) in [4.78, 5) is 21.3. The number of rotatable bonds is 4. The summed E-state index contributed by atoms with van der Waals surface area (Å²) in [7, 11) is 0. The van der Waals surface area contributed by atoms with Crippen LogP contribution in [0.25, 0.3) is 0 Å². The van der Waals surface area contributed by atoms with E-state index in [-0.39, 0.29) is 5.75 Å². The summed E-state index contributed by atoms with van der Waals surface area (Å²) in [5.74, 6) is -3.18. The third kappa shape index (κ3) is 2.78. The van der Waals surface area contributed by atoms with E-state index in [1.165, 1.54) is 0 Å². The van der Waals surface area contributed by atoms with Gasteiger partial charge in [-0.25, -0.2) is 13.8 Å². The molecular weight excluding hydrogens is 240 g/mol. The van der Waals surface area contributed by atoms with Crippen molar-refractivity contribution in [3.05, 3.63) is 29.3 Å². The summed E-state index contributed by atoms with van der Waals surface area (Å²) in [6.07, 6.45) is 0. The highest BCUT2D eigenvalue weighted by Gasteiger charge is 2.16. The van der Waals surface area contributed by atoms with Crippen LogP contribution < -0.4 is 4.18 Å². The van der Waals surface area contributed by atoms with Gasteiger partial charge in [-0.05, 0) is 18.2 Å². The van der Waals surface area contributed by atoms with Crippen molar-refractivity contribution in [1.29, 1.82) is 0 Å². The van der Waals surface area contributed by atoms with Crippen molar-refractivity contribution in [2.45, 2.75) is 0 Å². The molecule has 2 N–H and O–H groups in total. The van der Waals surface area contributed by atoms with Gasteiger partial charge in [0.1, 0.15) is 17.1 Å². The van der Waals surface area contributed by atoms with Crippen LogP contribution in [0.15, 0.2) is 18.2 Å². The average molecular weight is 245 g/mol. The molecule has 0 radical (unpaired) electrons. The van der Waals surface area contributed by atoms with Crippen LogP contribution in [0, 0.1) is 0 Å². The Morgan fingerprint density at radius 3 is 2.19 bits per heavy atom. The lowest BCUT2D eigenvalue weighted by atomic mass is 10.1. The summed E-state index contributed by atoms with van der Waals surface area (Å²) in [6, 6.07) is 2.82. The monoisotopic (exact) mass is 245 g/mol. The first-order valence-electron chi connectivity index (χ1n) is 3.80. The Bertz CT molecular complexity index is 467. The van der Waals surface area contributed by atoms with Crippen molar-refractivity contribution in [3.8, 4) is 5.75 Å². The number of carbonyl (C=O) groups is 2. The zero-order chi connectivity index (χ0) is 12.3. The average Bonchev–Trinajstić information content (AvgIpc) is 2.16. The third-order valence-electron chi connectivity index (χ3n) is 1.62. The van der Waals surface area contributed by atoms with Crippen LogP contribution in [-0.4, -0.2) is 30.9 Å². The summed E-state index contributed by atoms with van der Waals surface area (Å²) >= 11 is -2.85. The second-order valence-corrected chi connectivity index (χ2v) is 3.18. The second kappa shape index (κ2) is 4.73. The largest absolute Gasteiger partial charge is 0.740 e. The number of hydrogen-bond acceptors (Lipinski definition) is 5. The Balaban J connectivity index is 3.22. The standard InChI is InChI=1S/C8H6O7S/c9-7(10)5-2-1-4(15-16(13)14)3-6(5)8(11)12/h1-3H,(H,9,10)(H,11,12)(H,13,14)/p-1. The van der Waals surface area contributed by atoms with E-state index in [2.05, 4.69) is 4.18 Å². The highest BCUT2D eigenvalue weighted by molar-refractivity contribution is 7.74. The van der Waals surface area contributed by atoms with Gasteiger partial charge in [-0.15, -0.1) is 0 Å². The van der Waals surface area contributed by atoms with Crippen molar-refractivity contribution in [2.24, 2.45) is 0 Å². The normalized spacial score (nSPS) is 11.8. The molecule has 0 aromatic heterocycles. The van der Waals surface area contributed by atoms with Gasteiger partial charge in [0.15, 0.2) is 0 Å². The lowest BCUT2D eigenvalue weighted by molar-refractivity contribution is 0.0651. The molecule has 0 aliphatic rings. The Morgan fingerprint density at radius 2 is 1.75 bits per heavy atom. The summed E-state index contributed by atoms with van der Waals surface area (Å²) < 4.78 is 24.6. The fraction of sp³-hybridized carbons (Fsp3) is 0. The molecule has 16 heavy (non-hydrogen) atoms. The van der Waals surface area contributed by atoms with Crippen LogP contribution in [0.5, 0.6) is 5.75 Å². The number of aromatic carboxylic acids is 2. The molecule has 0 heterocycles. The van der Waals surface area contributed by atoms with Gasteiger partial charge in [0.05, 0.1) is 11.1 Å². The van der Waals surface area contributed by atoms with E-state index in [9.17, 15) is 18.4 Å². The highest BCUT2D eigenvalue weighted by Crippen LogP contribution is 2.18. The zero-order valence-corrected chi connectivity index (χ0v) is 8.39. The zero-order valence-electron chi connectivity index (χ0n) is 7.58. The predicted molar refractivity (Wildman–Crippen MR) is 49.9 cm³/mol. The maximum absolute atomic E-state index is 10.7. The van der Waals surface area contributed by atoms with Crippen LogP contribution in [-0.2, 0) is 11.4 Å². The smallest absolute Gasteiger partial charge is 0.336 e. The molecule has 7 nitrogen and oxygen atoms in total. The van der Waals surface area contributed by atoms with Gasteiger partial charge in [-0.2, -0.15) is 0 Å². The number of benzene rings is 1. The highest BCUT2D eigenvalue weighted by atomic mass is 32.2. The van der Waals surface area contributed by atoms with Crippen LogP contribution in [0.3, 0.4) is 0 Å². The Morgan fingerprint density at radius 1 is 1.19 bits per heavy atom. The molecule has 0 aliphatic heterocycles. The molecule has 1 aromatic rings. The van der Waals surface area contributed by atoms with E-state index in [1.807, 2.05) is 0 Å². The van der Waals surface area contributed by atoms with Gasteiger partial charge in [0.2, 0.25) is 0 Å². The van der Waals surface area contributed by atoms with Crippen molar-refractivity contribution >= 4 is 23.3 Å². The van der Waals surface area contributed by atoms with Crippen LogP contribution in [0.4, 0.5) is 0 Å². The van der Waals surface area contributed by atoms with Gasteiger partial charge in [-0.1, -0.05) is 0 Å². The topological polar surface area (TPSA) is 124 Å². The molecule has 8 heteroatoms. The summed E-state index contributed by atoms with van der Waals surface area (Å²) in [6.45, 7) is 0. The molecule has 0 spiro atoms. The minimum Gasteiger partial charge on any atom is -0.740 e. The van der Waals surface area contributed by atoms with Gasteiger partial charge in [0.25, 0.3) is 0 Å². The fourth-order valence-electron chi connectivity index (χ4n) is 1.02. The molecule has 1 atom stereocenters. The molecule has 0 saturated heterocycles. The van der Waals surface area contributed by atoms with Crippen molar-refractivity contribution < 1.29 is 32.7 Å². The lowest BCUT2D eigenvalue weighted by Crippen LogP contribution is -2.08. The maximum atomic E-state index is 10.7. The summed E-state index contributed by atoms with van der Waals surface area (Å²) in [5, 5.41) is 17.4. The SMILES string of the molecule is O=C(O)c1ccc(OS(=O)[O-])cc1C(=O)O. The van der Waals surface area contributed by atoms with E-state index >= 15 is 0 Å². The van der Waals surface area contributed by atoms with Crippen LogP contribution in [0.1, 0.15) is 20.7 Å². The Hall–Kier alpha value is -1.93. The second-order valence-electron chi connectivity index (χ2n) is 2.61. The lowest BCUT2D eigenvalue weighted by Gasteiger charge is -2.08. The molecule has 0 saturated carbocycles. The molecule has 1 aromatic carbocycles. The van der Waals surface area contributed by atoms with Crippen molar-refractivity contribution in [2.75, 3.05) is 0 Å². The van der Waals surface area contributed by atoms with E-state index < -0.39 is 34.4 Å². The molecule has 1 unspecified atom stereocenters. The van der Waals surface area contributed by atoms with Crippen LogP contribution >= 0.6 is 0 Å². The molecule has 0 amide bonds. The quantitative estimate of drug-likeness (QED) is 0.728. The minimum absolute atomic E-state index is 0.268. The molecule has 1 rings (SSSR count). The first-order valence-corrected chi connectivity index (χ1v) is 4.80. The predicted octanol–water partition coefficient (Wildman–Crippen LogP) is 0.256. The fourth-order valence-corrected chi connectivity index (χ4v) is 1.28. The van der Waals surface area contributed by atoms with Gasteiger partial charge >= 0.3 is 11.9 Å². The van der Waals surface area contributed by atoms with Gasteiger partial charge in [-0.3, -0.25) is 0 Å². The van der Waals surface area contributed by atoms with E-state index in [0.29, 0.717) is 0 Å². The third-order valence-corrected chi connectivity index (χ3v) is 1.94. The molecular formula is C8H5O7S-. The van der Waals surface area contributed by atoms with E-state index in [4.69, 9.17) is 10.2 Å². The first kappa shape index (κ1) is 12.1. The maximum Gasteiger partial charge on any atom is 0.336 e. The number of carboxylic acid groups (broad SMARTS) is 2. The molecule has 0 bridgehead atoms. The Kier molecular flexibility index (Phi) is 3.59. The molecule has 86 valence electrons.